The molecule has 0 aliphatic carbocycles. The monoisotopic (exact) mass is 448 g/mol. The number of piperazine rings is 1. The summed E-state index contributed by atoms with van der Waals surface area (Å²) >= 11 is 0. The zero-order valence-corrected chi connectivity index (χ0v) is 19.6. The average Bonchev–Trinajstić information content (AvgIpc) is 3.16. The van der Waals surface area contributed by atoms with Gasteiger partial charge in [-0.15, -0.1) is 0 Å². The molecule has 0 radical (unpaired) electrons. The number of benzene rings is 1. The van der Waals surface area contributed by atoms with Crippen LogP contribution in [0.4, 0.5) is 10.6 Å². The van der Waals surface area contributed by atoms with Crippen LogP contribution in [-0.4, -0.2) is 63.4 Å². The molecule has 1 aliphatic rings. The third-order valence-corrected chi connectivity index (χ3v) is 6.10. The van der Waals surface area contributed by atoms with Crippen LogP contribution in [0.5, 0.6) is 0 Å². The standard InChI is InChI=1S/C24H32N8O/c1-4-25-24(33)28-15-19-5-7-20(8-6-19)22-23(27-10-9-26-22)32-13-11-31(12-14-32)17-21-16-29-30(3)18(21)2/h5-10,16H,4,11-15,17H2,1-3H3,(H2,25,28,33). The van der Waals surface area contributed by atoms with E-state index in [1.807, 2.05) is 49.1 Å². The van der Waals surface area contributed by atoms with Gasteiger partial charge in [0.15, 0.2) is 5.82 Å². The summed E-state index contributed by atoms with van der Waals surface area (Å²) in [5.74, 6) is 0.919. The Bertz CT molecular complexity index is 1070. The molecule has 174 valence electrons. The van der Waals surface area contributed by atoms with Gasteiger partial charge < -0.3 is 15.5 Å². The lowest BCUT2D eigenvalue weighted by Gasteiger charge is -2.35. The van der Waals surface area contributed by atoms with E-state index in [2.05, 4.69) is 42.4 Å². The van der Waals surface area contributed by atoms with Crippen molar-refractivity contribution in [2.45, 2.75) is 26.9 Å². The van der Waals surface area contributed by atoms with Crippen molar-refractivity contribution in [1.29, 1.82) is 0 Å². The summed E-state index contributed by atoms with van der Waals surface area (Å²) in [7, 11) is 1.98. The lowest BCUT2D eigenvalue weighted by Crippen LogP contribution is -2.46. The summed E-state index contributed by atoms with van der Waals surface area (Å²) in [5.41, 5.74) is 5.45. The largest absolute Gasteiger partial charge is 0.352 e. The molecule has 1 aromatic carbocycles. The number of nitrogens with one attached hydrogen (secondary N) is 2. The highest BCUT2D eigenvalue weighted by atomic mass is 16.2. The zero-order valence-electron chi connectivity index (χ0n) is 19.6. The van der Waals surface area contributed by atoms with E-state index in [0.29, 0.717) is 13.1 Å². The molecule has 33 heavy (non-hydrogen) atoms. The predicted octanol–water partition coefficient (Wildman–Crippen LogP) is 2.33. The molecule has 2 aromatic heterocycles. The highest BCUT2D eigenvalue weighted by Crippen LogP contribution is 2.28. The Morgan fingerprint density at radius 1 is 1.03 bits per heavy atom. The Hall–Kier alpha value is -3.46. The number of rotatable bonds is 7. The maximum Gasteiger partial charge on any atom is 0.315 e. The first-order valence-electron chi connectivity index (χ1n) is 11.4. The minimum Gasteiger partial charge on any atom is -0.352 e. The SMILES string of the molecule is CCNC(=O)NCc1ccc(-c2nccnc2N2CCN(Cc3cnn(C)c3C)CC2)cc1. The Labute approximate surface area is 194 Å². The second kappa shape index (κ2) is 10.4. The number of nitrogens with zero attached hydrogens (tertiary/aromatic N) is 6. The molecule has 9 heteroatoms. The van der Waals surface area contributed by atoms with Crippen molar-refractivity contribution in [2.75, 3.05) is 37.6 Å². The minimum atomic E-state index is -0.157. The number of anilines is 1. The number of aromatic nitrogens is 4. The van der Waals surface area contributed by atoms with Crippen molar-refractivity contribution in [2.24, 2.45) is 7.05 Å². The lowest BCUT2D eigenvalue weighted by molar-refractivity contribution is 0.241. The number of carbonyl (C=O) groups is 1. The number of hydrogen-bond donors (Lipinski definition) is 2. The van der Waals surface area contributed by atoms with E-state index in [4.69, 9.17) is 0 Å². The van der Waals surface area contributed by atoms with E-state index < -0.39 is 0 Å². The van der Waals surface area contributed by atoms with Gasteiger partial charge in [0.1, 0.15) is 5.69 Å². The van der Waals surface area contributed by atoms with E-state index in [1.54, 1.807) is 12.4 Å². The summed E-state index contributed by atoms with van der Waals surface area (Å²) < 4.78 is 1.93. The molecular formula is C24H32N8O. The van der Waals surface area contributed by atoms with Crippen molar-refractivity contribution >= 4 is 11.8 Å². The maximum atomic E-state index is 11.6. The van der Waals surface area contributed by atoms with E-state index in [9.17, 15) is 4.79 Å². The summed E-state index contributed by atoms with van der Waals surface area (Å²) in [6.45, 7) is 9.77. The fourth-order valence-corrected chi connectivity index (χ4v) is 4.01. The minimum absolute atomic E-state index is 0.157. The van der Waals surface area contributed by atoms with Gasteiger partial charge in [-0.1, -0.05) is 24.3 Å². The number of urea groups is 1. The van der Waals surface area contributed by atoms with Gasteiger partial charge in [0.2, 0.25) is 0 Å². The van der Waals surface area contributed by atoms with E-state index in [-0.39, 0.29) is 6.03 Å². The number of amides is 2. The van der Waals surface area contributed by atoms with Crippen molar-refractivity contribution < 1.29 is 4.79 Å². The van der Waals surface area contributed by atoms with Crippen LogP contribution in [0.2, 0.25) is 0 Å². The molecule has 3 aromatic rings. The second-order valence-electron chi connectivity index (χ2n) is 8.28. The Morgan fingerprint density at radius 2 is 1.76 bits per heavy atom. The molecule has 0 unspecified atom stereocenters. The van der Waals surface area contributed by atoms with E-state index >= 15 is 0 Å². The molecule has 3 heterocycles. The highest BCUT2D eigenvalue weighted by molar-refractivity contribution is 5.74. The molecule has 0 saturated carbocycles. The van der Waals surface area contributed by atoms with Crippen LogP contribution in [0.25, 0.3) is 11.3 Å². The molecular weight excluding hydrogens is 416 g/mol. The Balaban J connectivity index is 1.40. The van der Waals surface area contributed by atoms with E-state index in [0.717, 1.165) is 55.4 Å². The fraction of sp³-hybridized carbons (Fsp3) is 0.417. The Morgan fingerprint density at radius 3 is 2.42 bits per heavy atom. The van der Waals surface area contributed by atoms with Crippen molar-refractivity contribution in [3.05, 3.63) is 59.7 Å². The van der Waals surface area contributed by atoms with Crippen molar-refractivity contribution in [3.63, 3.8) is 0 Å². The third-order valence-electron chi connectivity index (χ3n) is 6.10. The van der Waals surface area contributed by atoms with Crippen LogP contribution in [0.15, 0.2) is 42.9 Å². The molecule has 0 spiro atoms. The third kappa shape index (κ3) is 5.48. The molecule has 2 N–H and O–H groups in total. The quantitative estimate of drug-likeness (QED) is 0.577. The Kier molecular flexibility index (Phi) is 7.19. The highest BCUT2D eigenvalue weighted by Gasteiger charge is 2.22. The van der Waals surface area contributed by atoms with Gasteiger partial charge in [-0.2, -0.15) is 5.10 Å². The molecule has 0 atom stereocenters. The zero-order chi connectivity index (χ0) is 23.2. The van der Waals surface area contributed by atoms with Crippen LogP contribution in [0.1, 0.15) is 23.7 Å². The number of hydrogen-bond acceptors (Lipinski definition) is 6. The van der Waals surface area contributed by atoms with Crippen LogP contribution < -0.4 is 15.5 Å². The molecule has 1 aliphatic heterocycles. The molecule has 1 saturated heterocycles. The number of aryl methyl sites for hydroxylation is 1. The molecule has 1 fully saturated rings. The first kappa shape index (κ1) is 22.7. The van der Waals surface area contributed by atoms with Gasteiger partial charge in [0.05, 0.1) is 6.20 Å². The number of carbonyl (C=O) groups excluding carboxylic acids is 1. The summed E-state index contributed by atoms with van der Waals surface area (Å²) in [5, 5.41) is 9.95. The smallest absolute Gasteiger partial charge is 0.315 e. The first-order chi connectivity index (χ1) is 16.0. The van der Waals surface area contributed by atoms with Gasteiger partial charge >= 0.3 is 6.03 Å². The van der Waals surface area contributed by atoms with Gasteiger partial charge in [0.25, 0.3) is 0 Å². The fourth-order valence-electron chi connectivity index (χ4n) is 4.01. The van der Waals surface area contributed by atoms with Gasteiger partial charge in [0, 0.05) is 82.1 Å². The van der Waals surface area contributed by atoms with Gasteiger partial charge in [-0.25, -0.2) is 9.78 Å². The van der Waals surface area contributed by atoms with Crippen LogP contribution in [-0.2, 0) is 20.1 Å². The first-order valence-corrected chi connectivity index (χ1v) is 11.4. The van der Waals surface area contributed by atoms with Crippen LogP contribution >= 0.6 is 0 Å². The maximum absolute atomic E-state index is 11.6. The second-order valence-corrected chi connectivity index (χ2v) is 8.28. The molecule has 4 rings (SSSR count). The lowest BCUT2D eigenvalue weighted by atomic mass is 10.1. The molecule has 9 nitrogen and oxygen atoms in total. The van der Waals surface area contributed by atoms with Crippen LogP contribution in [0, 0.1) is 6.92 Å². The average molecular weight is 449 g/mol. The van der Waals surface area contributed by atoms with Crippen LogP contribution in [0.3, 0.4) is 0 Å². The van der Waals surface area contributed by atoms with Gasteiger partial charge in [-0.3, -0.25) is 14.6 Å². The predicted molar refractivity (Wildman–Crippen MR) is 129 cm³/mol. The normalized spacial score (nSPS) is 14.3. The van der Waals surface area contributed by atoms with E-state index in [1.165, 1.54) is 11.3 Å². The topological polar surface area (TPSA) is 91.2 Å². The van der Waals surface area contributed by atoms with Gasteiger partial charge in [-0.05, 0) is 19.4 Å². The van der Waals surface area contributed by atoms with Crippen molar-refractivity contribution in [3.8, 4) is 11.3 Å². The summed E-state index contributed by atoms with van der Waals surface area (Å²) in [6.07, 6.45) is 5.47. The summed E-state index contributed by atoms with van der Waals surface area (Å²) in [4.78, 5) is 25.7. The van der Waals surface area contributed by atoms with Crippen molar-refractivity contribution in [1.82, 2.24) is 35.3 Å². The molecule has 2 amide bonds. The molecule has 0 bridgehead atoms. The summed E-state index contributed by atoms with van der Waals surface area (Å²) in [6, 6.07) is 7.98.